The molecule has 2 rings (SSSR count). The van der Waals surface area contributed by atoms with Gasteiger partial charge in [0.25, 0.3) is 5.91 Å². The average molecular weight is 306 g/mol. The van der Waals surface area contributed by atoms with Crippen molar-refractivity contribution in [2.45, 2.75) is 6.92 Å². The molecule has 0 aliphatic heterocycles. The summed E-state index contributed by atoms with van der Waals surface area (Å²) in [5, 5.41) is 12.7. The molecule has 2 N–H and O–H groups in total. The molecular weight excluding hydrogens is 295 g/mol. The smallest absolute Gasteiger partial charge is 0.345 e. The average Bonchev–Trinajstić information content (AvgIpc) is 2.95. The van der Waals surface area contributed by atoms with Crippen LogP contribution in [0.15, 0.2) is 41.5 Å². The van der Waals surface area contributed by atoms with Gasteiger partial charge in [-0.15, -0.1) is 11.3 Å². The molecule has 1 aromatic carbocycles. The zero-order chi connectivity index (χ0) is 15.4. The van der Waals surface area contributed by atoms with Crippen LogP contribution in [0.25, 0.3) is 0 Å². The fourth-order valence-corrected chi connectivity index (χ4v) is 2.33. The number of nitrogens with one attached hydrogen (secondary N) is 1. The van der Waals surface area contributed by atoms with Crippen LogP contribution in [0, 0.1) is 5.82 Å². The van der Waals surface area contributed by atoms with Gasteiger partial charge in [-0.25, -0.2) is 14.6 Å². The first kappa shape index (κ1) is 14.9. The van der Waals surface area contributed by atoms with Gasteiger partial charge in [0.2, 0.25) is 0 Å². The highest BCUT2D eigenvalue weighted by molar-refractivity contribution is 7.15. The Hall–Kier alpha value is -2.54. The van der Waals surface area contributed by atoms with Crippen LogP contribution in [-0.4, -0.2) is 22.7 Å². The first-order valence-electron chi connectivity index (χ1n) is 5.91. The van der Waals surface area contributed by atoms with Crippen molar-refractivity contribution in [1.29, 1.82) is 0 Å². The molecular formula is C14H11FN2O3S. The Morgan fingerprint density at radius 2 is 1.86 bits per heavy atom. The normalized spacial score (nSPS) is 11.2. The molecule has 0 radical (unpaired) electrons. The van der Waals surface area contributed by atoms with Crippen molar-refractivity contribution in [2.24, 2.45) is 5.10 Å². The minimum absolute atomic E-state index is 0.105. The van der Waals surface area contributed by atoms with Gasteiger partial charge in [-0.2, -0.15) is 5.10 Å². The van der Waals surface area contributed by atoms with Crippen molar-refractivity contribution in [3.8, 4) is 0 Å². The molecule has 0 fully saturated rings. The maximum Gasteiger partial charge on any atom is 0.345 e. The molecule has 0 atom stereocenters. The van der Waals surface area contributed by atoms with Crippen LogP contribution in [-0.2, 0) is 0 Å². The predicted octanol–water partition coefficient (Wildman–Crippen LogP) is 2.74. The molecule has 1 aromatic heterocycles. The van der Waals surface area contributed by atoms with Crippen molar-refractivity contribution < 1.29 is 19.1 Å². The standard InChI is InChI=1S/C14H11FN2O3S/c1-8(11-6-7-12(21-11)14(19)20)16-17-13(18)9-4-2-3-5-10(9)15/h2-7H,1H3,(H,17,18)(H,19,20)/b16-8-. The Labute approximate surface area is 123 Å². The van der Waals surface area contributed by atoms with E-state index in [0.29, 0.717) is 10.6 Å². The Morgan fingerprint density at radius 1 is 1.19 bits per heavy atom. The topological polar surface area (TPSA) is 78.8 Å². The van der Waals surface area contributed by atoms with Crippen molar-refractivity contribution in [1.82, 2.24) is 5.43 Å². The summed E-state index contributed by atoms with van der Waals surface area (Å²) in [7, 11) is 0. The number of hydrogen-bond acceptors (Lipinski definition) is 4. The molecule has 1 heterocycles. The second kappa shape index (κ2) is 6.27. The van der Waals surface area contributed by atoms with Gasteiger partial charge < -0.3 is 5.11 Å². The van der Waals surface area contributed by atoms with Crippen LogP contribution in [0.4, 0.5) is 4.39 Å². The molecule has 7 heteroatoms. The van der Waals surface area contributed by atoms with Gasteiger partial charge in [0, 0.05) is 0 Å². The van der Waals surface area contributed by atoms with Crippen molar-refractivity contribution in [3.05, 3.63) is 57.5 Å². The number of hydrogen-bond donors (Lipinski definition) is 2. The van der Waals surface area contributed by atoms with Crippen LogP contribution in [0.2, 0.25) is 0 Å². The summed E-state index contributed by atoms with van der Waals surface area (Å²) >= 11 is 1.04. The lowest BCUT2D eigenvalue weighted by Crippen LogP contribution is -2.20. The highest BCUT2D eigenvalue weighted by atomic mass is 32.1. The number of carboxylic acids is 1. The van der Waals surface area contributed by atoms with E-state index in [1.807, 2.05) is 0 Å². The number of rotatable bonds is 4. The Bertz CT molecular complexity index is 725. The first-order chi connectivity index (χ1) is 9.99. The summed E-state index contributed by atoms with van der Waals surface area (Å²) in [5.74, 6) is -2.32. The van der Waals surface area contributed by atoms with Gasteiger partial charge in [0.05, 0.1) is 16.2 Å². The van der Waals surface area contributed by atoms with Crippen LogP contribution in [0.1, 0.15) is 31.8 Å². The molecule has 0 bridgehead atoms. The second-order valence-electron chi connectivity index (χ2n) is 4.09. The van der Waals surface area contributed by atoms with Crippen molar-refractivity contribution in [3.63, 3.8) is 0 Å². The summed E-state index contributed by atoms with van der Waals surface area (Å²) in [5.41, 5.74) is 2.58. The molecule has 0 saturated carbocycles. The number of halogens is 1. The van der Waals surface area contributed by atoms with Crippen molar-refractivity contribution in [2.75, 3.05) is 0 Å². The van der Waals surface area contributed by atoms with Crippen LogP contribution < -0.4 is 5.43 Å². The summed E-state index contributed by atoms with van der Waals surface area (Å²) in [6, 6.07) is 8.63. The minimum atomic E-state index is -1.02. The molecule has 21 heavy (non-hydrogen) atoms. The van der Waals surface area contributed by atoms with E-state index in [2.05, 4.69) is 10.5 Å². The number of benzene rings is 1. The molecule has 2 aromatic rings. The SMILES string of the molecule is C/C(=N/NC(=O)c1ccccc1F)c1ccc(C(=O)O)s1. The number of carboxylic acid groups (broad SMARTS) is 1. The number of hydrazone groups is 1. The van der Waals surface area contributed by atoms with Gasteiger partial charge >= 0.3 is 5.97 Å². The van der Waals surface area contributed by atoms with Crippen molar-refractivity contribution >= 4 is 28.9 Å². The fourth-order valence-electron chi connectivity index (χ4n) is 1.54. The van der Waals surface area contributed by atoms with E-state index in [1.54, 1.807) is 19.1 Å². The third kappa shape index (κ3) is 3.51. The second-order valence-corrected chi connectivity index (χ2v) is 5.17. The Morgan fingerprint density at radius 3 is 2.48 bits per heavy atom. The minimum Gasteiger partial charge on any atom is -0.477 e. The van der Waals surface area contributed by atoms with Gasteiger partial charge in [-0.1, -0.05) is 12.1 Å². The van der Waals surface area contributed by atoms with E-state index in [1.165, 1.54) is 24.3 Å². The van der Waals surface area contributed by atoms with E-state index < -0.39 is 17.7 Å². The molecule has 0 saturated heterocycles. The summed E-state index contributed by atoms with van der Waals surface area (Å²) < 4.78 is 13.4. The van der Waals surface area contributed by atoms with Gasteiger partial charge in [-0.3, -0.25) is 4.79 Å². The molecule has 0 aliphatic rings. The molecule has 0 unspecified atom stereocenters. The lowest BCUT2D eigenvalue weighted by atomic mass is 10.2. The fraction of sp³-hybridized carbons (Fsp3) is 0.0714. The maximum atomic E-state index is 13.4. The van der Waals surface area contributed by atoms with Crippen LogP contribution in [0.3, 0.4) is 0 Å². The Balaban J connectivity index is 2.11. The van der Waals surface area contributed by atoms with E-state index in [4.69, 9.17) is 5.11 Å². The van der Waals surface area contributed by atoms with Gasteiger partial charge in [0.15, 0.2) is 0 Å². The maximum absolute atomic E-state index is 13.4. The number of carbonyl (C=O) groups is 2. The molecule has 5 nitrogen and oxygen atoms in total. The number of thiophene rings is 1. The highest BCUT2D eigenvalue weighted by Gasteiger charge is 2.11. The predicted molar refractivity (Wildman–Crippen MR) is 77.4 cm³/mol. The summed E-state index contributed by atoms with van der Waals surface area (Å²) in [6.45, 7) is 1.62. The zero-order valence-electron chi connectivity index (χ0n) is 11.0. The van der Waals surface area contributed by atoms with E-state index in [9.17, 15) is 14.0 Å². The molecule has 108 valence electrons. The van der Waals surface area contributed by atoms with Gasteiger partial charge in [-0.05, 0) is 31.2 Å². The largest absolute Gasteiger partial charge is 0.477 e. The first-order valence-corrected chi connectivity index (χ1v) is 6.73. The molecule has 0 aliphatic carbocycles. The highest BCUT2D eigenvalue weighted by Crippen LogP contribution is 2.17. The quantitative estimate of drug-likeness (QED) is 0.673. The number of aromatic carboxylic acids is 1. The number of nitrogens with zero attached hydrogens (tertiary/aromatic N) is 1. The van der Waals surface area contributed by atoms with E-state index in [0.717, 1.165) is 11.3 Å². The Kier molecular flexibility index (Phi) is 4.44. The third-order valence-corrected chi connectivity index (χ3v) is 3.80. The number of amides is 1. The monoisotopic (exact) mass is 306 g/mol. The van der Waals surface area contributed by atoms with E-state index >= 15 is 0 Å². The lowest BCUT2D eigenvalue weighted by Gasteiger charge is -2.02. The summed E-state index contributed by atoms with van der Waals surface area (Å²) in [6.07, 6.45) is 0. The number of carbonyl (C=O) groups excluding carboxylic acids is 1. The molecule has 0 spiro atoms. The van der Waals surface area contributed by atoms with Crippen LogP contribution in [0.5, 0.6) is 0 Å². The van der Waals surface area contributed by atoms with Crippen LogP contribution >= 0.6 is 11.3 Å². The van der Waals surface area contributed by atoms with E-state index in [-0.39, 0.29) is 10.4 Å². The third-order valence-electron chi connectivity index (χ3n) is 2.62. The zero-order valence-corrected chi connectivity index (χ0v) is 11.8. The van der Waals surface area contributed by atoms with Gasteiger partial charge in [0.1, 0.15) is 10.7 Å². The lowest BCUT2D eigenvalue weighted by molar-refractivity contribution is 0.0702. The molecule has 1 amide bonds. The summed E-state index contributed by atoms with van der Waals surface area (Å²) in [4.78, 5) is 23.3.